The summed E-state index contributed by atoms with van der Waals surface area (Å²) in [5, 5.41) is 0.0432. The Bertz CT molecular complexity index is 1160. The average molecular weight is 478 g/mol. The first-order valence-electron chi connectivity index (χ1n) is 10.6. The van der Waals surface area contributed by atoms with Crippen LogP contribution in [-0.4, -0.2) is 44.2 Å². The van der Waals surface area contributed by atoms with Crippen molar-refractivity contribution in [2.45, 2.75) is 45.4 Å². The molecular formula is C24H28ClNO5S. The Labute approximate surface area is 194 Å². The van der Waals surface area contributed by atoms with Gasteiger partial charge in [-0.1, -0.05) is 24.6 Å². The second kappa shape index (κ2) is 9.73. The van der Waals surface area contributed by atoms with Crippen molar-refractivity contribution in [3.05, 3.63) is 63.2 Å². The van der Waals surface area contributed by atoms with Gasteiger partial charge in [0.15, 0.2) is 6.61 Å². The molecule has 1 aliphatic heterocycles. The van der Waals surface area contributed by atoms with Gasteiger partial charge in [-0.15, -0.1) is 0 Å². The maximum absolute atomic E-state index is 13.1. The largest absolute Gasteiger partial charge is 0.454 e. The summed E-state index contributed by atoms with van der Waals surface area (Å²) < 4.78 is 32.8. The van der Waals surface area contributed by atoms with Gasteiger partial charge in [0.1, 0.15) is 4.90 Å². The summed E-state index contributed by atoms with van der Waals surface area (Å²) in [4.78, 5) is 25.0. The molecule has 1 atom stereocenters. The summed E-state index contributed by atoms with van der Waals surface area (Å²) >= 11 is 6.18. The predicted octanol–water partition coefficient (Wildman–Crippen LogP) is 4.73. The number of ether oxygens (including phenoxy) is 1. The lowest BCUT2D eigenvalue weighted by Gasteiger charge is -2.30. The van der Waals surface area contributed by atoms with Gasteiger partial charge < -0.3 is 4.74 Å². The van der Waals surface area contributed by atoms with Crippen LogP contribution in [0.5, 0.6) is 0 Å². The number of carbonyl (C=O) groups excluding carboxylic acids is 2. The van der Waals surface area contributed by atoms with Crippen LogP contribution in [0.3, 0.4) is 0 Å². The molecule has 8 heteroatoms. The summed E-state index contributed by atoms with van der Waals surface area (Å²) in [7, 11) is -3.84. The van der Waals surface area contributed by atoms with E-state index in [2.05, 4.69) is 0 Å². The molecule has 172 valence electrons. The van der Waals surface area contributed by atoms with Crippen molar-refractivity contribution in [2.75, 3.05) is 19.7 Å². The molecule has 0 amide bonds. The van der Waals surface area contributed by atoms with E-state index in [1.165, 1.54) is 22.5 Å². The molecule has 1 aliphatic rings. The first kappa shape index (κ1) is 24.4. The van der Waals surface area contributed by atoms with Crippen molar-refractivity contribution in [2.24, 2.45) is 5.92 Å². The zero-order valence-electron chi connectivity index (χ0n) is 18.8. The van der Waals surface area contributed by atoms with Crippen LogP contribution in [0, 0.1) is 26.7 Å². The average Bonchev–Trinajstić information content (AvgIpc) is 2.74. The molecule has 0 aromatic heterocycles. The van der Waals surface area contributed by atoms with Gasteiger partial charge in [-0.25, -0.2) is 13.2 Å². The van der Waals surface area contributed by atoms with E-state index in [1.54, 1.807) is 6.07 Å². The van der Waals surface area contributed by atoms with Crippen LogP contribution >= 0.6 is 11.6 Å². The molecule has 0 spiro atoms. The number of halogens is 1. The van der Waals surface area contributed by atoms with Gasteiger partial charge in [0.2, 0.25) is 15.8 Å². The van der Waals surface area contributed by atoms with Gasteiger partial charge in [0, 0.05) is 18.7 Å². The summed E-state index contributed by atoms with van der Waals surface area (Å²) in [6, 6.07) is 7.70. The molecule has 0 N–H and O–H groups in total. The molecule has 0 saturated carbocycles. The molecule has 1 heterocycles. The van der Waals surface area contributed by atoms with E-state index in [1.807, 2.05) is 33.8 Å². The second-order valence-corrected chi connectivity index (χ2v) is 10.8. The van der Waals surface area contributed by atoms with Crippen LogP contribution < -0.4 is 0 Å². The highest BCUT2D eigenvalue weighted by molar-refractivity contribution is 7.89. The quantitative estimate of drug-likeness (QED) is 0.444. The number of aryl methyl sites for hydroxylation is 3. The minimum atomic E-state index is -3.84. The molecule has 0 radical (unpaired) electrons. The van der Waals surface area contributed by atoms with Crippen LogP contribution in [0.2, 0.25) is 5.02 Å². The molecule has 2 aromatic rings. The zero-order valence-corrected chi connectivity index (χ0v) is 20.3. The van der Waals surface area contributed by atoms with Gasteiger partial charge in [-0.2, -0.15) is 4.31 Å². The minimum absolute atomic E-state index is 0.0302. The third kappa shape index (κ3) is 5.22. The molecule has 0 bridgehead atoms. The fraction of sp³-hybridized carbons (Fsp3) is 0.417. The van der Waals surface area contributed by atoms with Crippen molar-refractivity contribution in [3.8, 4) is 0 Å². The fourth-order valence-corrected chi connectivity index (χ4v) is 5.98. The van der Waals surface area contributed by atoms with E-state index in [0.29, 0.717) is 18.7 Å². The van der Waals surface area contributed by atoms with E-state index in [-0.39, 0.29) is 27.2 Å². The van der Waals surface area contributed by atoms with Crippen LogP contribution in [0.15, 0.2) is 35.2 Å². The first-order chi connectivity index (χ1) is 15.0. The van der Waals surface area contributed by atoms with Crippen molar-refractivity contribution in [1.82, 2.24) is 4.31 Å². The molecule has 32 heavy (non-hydrogen) atoms. The number of Topliss-reactive ketones (excluding diaryl/α,β-unsaturated/α-hetero) is 1. The van der Waals surface area contributed by atoms with Crippen molar-refractivity contribution in [1.29, 1.82) is 0 Å². The zero-order chi connectivity index (χ0) is 23.6. The van der Waals surface area contributed by atoms with Gasteiger partial charge in [-0.05, 0) is 80.5 Å². The van der Waals surface area contributed by atoms with Gasteiger partial charge >= 0.3 is 5.97 Å². The number of esters is 1. The Kier molecular flexibility index (Phi) is 7.43. The summed E-state index contributed by atoms with van der Waals surface area (Å²) in [6.07, 6.45) is 1.75. The SMILES string of the molecule is Cc1cc(C)c(C(=O)COC(=O)c2ccc(Cl)c(S(=O)(=O)N3CCCC(C)C3)c2)cc1C. The maximum Gasteiger partial charge on any atom is 0.338 e. The van der Waals surface area contributed by atoms with E-state index < -0.39 is 22.6 Å². The third-order valence-electron chi connectivity index (χ3n) is 5.88. The number of hydrogen-bond acceptors (Lipinski definition) is 5. The Morgan fingerprint density at radius 1 is 1.09 bits per heavy atom. The van der Waals surface area contributed by atoms with Crippen LogP contribution in [0.4, 0.5) is 0 Å². The topological polar surface area (TPSA) is 80.8 Å². The number of sulfonamides is 1. The molecule has 1 unspecified atom stereocenters. The Morgan fingerprint density at radius 2 is 1.78 bits per heavy atom. The number of rotatable bonds is 6. The highest BCUT2D eigenvalue weighted by Gasteiger charge is 2.31. The highest BCUT2D eigenvalue weighted by Crippen LogP contribution is 2.29. The fourth-order valence-electron chi connectivity index (χ4n) is 3.88. The van der Waals surface area contributed by atoms with Crippen LogP contribution in [0.25, 0.3) is 0 Å². The van der Waals surface area contributed by atoms with E-state index >= 15 is 0 Å². The Balaban J connectivity index is 1.77. The Morgan fingerprint density at radius 3 is 2.47 bits per heavy atom. The lowest BCUT2D eigenvalue weighted by atomic mass is 9.98. The Hall–Kier alpha value is -2.22. The lowest BCUT2D eigenvalue weighted by molar-refractivity contribution is 0.0474. The van der Waals surface area contributed by atoms with E-state index in [0.717, 1.165) is 29.5 Å². The minimum Gasteiger partial charge on any atom is -0.454 e. The van der Waals surface area contributed by atoms with Gasteiger partial charge in [-0.3, -0.25) is 4.79 Å². The monoisotopic (exact) mass is 477 g/mol. The summed E-state index contributed by atoms with van der Waals surface area (Å²) in [6.45, 7) is 8.11. The van der Waals surface area contributed by atoms with E-state index in [9.17, 15) is 18.0 Å². The second-order valence-electron chi connectivity index (χ2n) is 8.51. The van der Waals surface area contributed by atoms with Gasteiger partial charge in [0.25, 0.3) is 0 Å². The number of ketones is 1. The molecule has 6 nitrogen and oxygen atoms in total. The lowest BCUT2D eigenvalue weighted by Crippen LogP contribution is -2.39. The number of nitrogens with zero attached hydrogens (tertiary/aromatic N) is 1. The maximum atomic E-state index is 13.1. The van der Waals surface area contributed by atoms with Crippen molar-refractivity contribution >= 4 is 33.4 Å². The molecule has 2 aromatic carbocycles. The number of benzene rings is 2. The molecular weight excluding hydrogens is 450 g/mol. The smallest absolute Gasteiger partial charge is 0.338 e. The van der Waals surface area contributed by atoms with Gasteiger partial charge in [0.05, 0.1) is 10.6 Å². The van der Waals surface area contributed by atoms with E-state index in [4.69, 9.17) is 16.3 Å². The van der Waals surface area contributed by atoms with Crippen molar-refractivity contribution in [3.63, 3.8) is 0 Å². The summed E-state index contributed by atoms with van der Waals surface area (Å²) in [5.41, 5.74) is 3.39. The van der Waals surface area contributed by atoms with Crippen molar-refractivity contribution < 1.29 is 22.7 Å². The number of piperidine rings is 1. The molecule has 0 aliphatic carbocycles. The standard InChI is InChI=1S/C24H28ClNO5S/c1-15-6-5-9-26(13-15)32(29,30)23-12-19(7-8-21(23)25)24(28)31-14-22(27)20-11-17(3)16(2)10-18(20)4/h7-8,10-12,15H,5-6,9,13-14H2,1-4H3. The molecule has 1 fully saturated rings. The van der Waals surface area contributed by atoms with Crippen LogP contribution in [-0.2, 0) is 14.8 Å². The predicted molar refractivity (Wildman–Crippen MR) is 124 cm³/mol. The first-order valence-corrected chi connectivity index (χ1v) is 12.4. The highest BCUT2D eigenvalue weighted by atomic mass is 35.5. The van der Waals surface area contributed by atoms with Crippen LogP contribution in [0.1, 0.15) is 57.2 Å². The molecule has 1 saturated heterocycles. The molecule has 3 rings (SSSR count). The number of carbonyl (C=O) groups is 2. The number of hydrogen-bond donors (Lipinski definition) is 0. The summed E-state index contributed by atoms with van der Waals surface area (Å²) in [5.74, 6) is -0.839. The normalized spacial score (nSPS) is 17.2. The third-order valence-corrected chi connectivity index (χ3v) is 8.23.